The predicted molar refractivity (Wildman–Crippen MR) is 78.3 cm³/mol. The summed E-state index contributed by atoms with van der Waals surface area (Å²) in [5.74, 6) is -0.381. The van der Waals surface area contributed by atoms with Crippen molar-refractivity contribution in [3.05, 3.63) is 29.8 Å². The largest absolute Gasteiger partial charge is 0.466 e. The molecule has 0 aliphatic heterocycles. The number of hydrogen-bond donors (Lipinski definition) is 2. The zero-order valence-electron chi connectivity index (χ0n) is 12.0. The normalized spacial score (nSPS) is 11.7. The monoisotopic (exact) mass is 278 g/mol. The van der Waals surface area contributed by atoms with Gasteiger partial charge in [-0.25, -0.2) is 0 Å². The van der Waals surface area contributed by atoms with Crippen molar-refractivity contribution in [2.45, 2.75) is 39.2 Å². The maximum Gasteiger partial charge on any atom is 0.305 e. The molecule has 0 fully saturated rings. The minimum absolute atomic E-state index is 0.0375. The molecule has 0 saturated heterocycles. The minimum Gasteiger partial charge on any atom is -0.466 e. The number of benzene rings is 1. The Hall–Kier alpha value is -2.04. The van der Waals surface area contributed by atoms with Crippen molar-refractivity contribution in [1.82, 2.24) is 5.32 Å². The molecule has 1 amide bonds. The highest BCUT2D eigenvalue weighted by atomic mass is 16.5. The number of nitrogen functional groups attached to an aromatic ring is 1. The fourth-order valence-corrected chi connectivity index (χ4v) is 1.81. The van der Waals surface area contributed by atoms with E-state index < -0.39 is 0 Å². The Bertz CT molecular complexity index is 443. The summed E-state index contributed by atoms with van der Waals surface area (Å²) in [5.41, 5.74) is 6.77. The smallest absolute Gasteiger partial charge is 0.305 e. The number of amides is 1. The van der Waals surface area contributed by atoms with Crippen LogP contribution in [0.5, 0.6) is 0 Å². The Kier molecular flexibility index (Phi) is 6.56. The summed E-state index contributed by atoms with van der Waals surface area (Å²) < 4.78 is 4.87. The van der Waals surface area contributed by atoms with Crippen molar-refractivity contribution in [1.29, 1.82) is 0 Å². The van der Waals surface area contributed by atoms with E-state index >= 15 is 0 Å². The highest BCUT2D eigenvalue weighted by Gasteiger charge is 2.14. The van der Waals surface area contributed by atoms with Gasteiger partial charge in [0, 0.05) is 23.7 Å². The Morgan fingerprint density at radius 3 is 2.45 bits per heavy atom. The topological polar surface area (TPSA) is 81.4 Å². The summed E-state index contributed by atoms with van der Waals surface area (Å²) in [7, 11) is 0. The molecule has 1 aromatic carbocycles. The molecule has 0 unspecified atom stereocenters. The number of carbonyl (C=O) groups excluding carboxylic acids is 2. The zero-order valence-corrected chi connectivity index (χ0v) is 12.0. The van der Waals surface area contributed by atoms with Crippen molar-refractivity contribution in [3.8, 4) is 0 Å². The van der Waals surface area contributed by atoms with Crippen LogP contribution >= 0.6 is 0 Å². The summed E-state index contributed by atoms with van der Waals surface area (Å²) in [6.45, 7) is 4.13. The molecule has 110 valence electrons. The fourth-order valence-electron chi connectivity index (χ4n) is 1.81. The van der Waals surface area contributed by atoms with Gasteiger partial charge in [0.2, 0.25) is 0 Å². The molecule has 0 radical (unpaired) electrons. The number of nitrogens with one attached hydrogen (secondary N) is 1. The molecule has 0 bridgehead atoms. The summed E-state index contributed by atoms with van der Waals surface area (Å²) in [4.78, 5) is 23.3. The van der Waals surface area contributed by atoms with Gasteiger partial charge in [0.1, 0.15) is 0 Å². The number of esters is 1. The van der Waals surface area contributed by atoms with Crippen molar-refractivity contribution in [3.63, 3.8) is 0 Å². The van der Waals surface area contributed by atoms with Crippen LogP contribution in [-0.2, 0) is 9.53 Å². The maximum absolute atomic E-state index is 12.0. The van der Waals surface area contributed by atoms with Gasteiger partial charge >= 0.3 is 5.97 Å². The molecular weight excluding hydrogens is 256 g/mol. The number of carbonyl (C=O) groups is 2. The minimum atomic E-state index is -0.229. The molecule has 1 atom stereocenters. The van der Waals surface area contributed by atoms with Crippen LogP contribution in [0.15, 0.2) is 24.3 Å². The first-order valence-electron chi connectivity index (χ1n) is 6.88. The van der Waals surface area contributed by atoms with Crippen LogP contribution in [0, 0.1) is 0 Å². The summed E-state index contributed by atoms with van der Waals surface area (Å²) in [6.07, 6.45) is 1.66. The van der Waals surface area contributed by atoms with E-state index in [4.69, 9.17) is 10.5 Å². The van der Waals surface area contributed by atoms with Gasteiger partial charge in [-0.2, -0.15) is 0 Å². The summed E-state index contributed by atoms with van der Waals surface area (Å²) >= 11 is 0. The van der Waals surface area contributed by atoms with E-state index in [2.05, 4.69) is 5.32 Å². The molecule has 1 rings (SSSR count). The van der Waals surface area contributed by atoms with E-state index in [0.717, 1.165) is 6.42 Å². The van der Waals surface area contributed by atoms with Crippen LogP contribution in [0.25, 0.3) is 0 Å². The second-order valence-corrected chi connectivity index (χ2v) is 4.54. The molecule has 0 aromatic heterocycles. The summed E-state index contributed by atoms with van der Waals surface area (Å²) in [5, 5.41) is 2.91. The number of ether oxygens (including phenoxy) is 1. The summed E-state index contributed by atoms with van der Waals surface area (Å²) in [6, 6.07) is 6.71. The van der Waals surface area contributed by atoms with Crippen molar-refractivity contribution >= 4 is 17.6 Å². The van der Waals surface area contributed by atoms with Crippen LogP contribution in [0.4, 0.5) is 5.69 Å². The molecule has 0 aliphatic carbocycles. The SMILES string of the molecule is CCOC(=O)CC[C@@H](CC)NC(=O)c1ccc(N)cc1. The molecule has 0 heterocycles. The second-order valence-electron chi connectivity index (χ2n) is 4.54. The Balaban J connectivity index is 2.49. The lowest BCUT2D eigenvalue weighted by Gasteiger charge is -2.16. The highest BCUT2D eigenvalue weighted by Crippen LogP contribution is 2.08. The van der Waals surface area contributed by atoms with Gasteiger partial charge < -0.3 is 15.8 Å². The lowest BCUT2D eigenvalue weighted by Crippen LogP contribution is -2.34. The maximum atomic E-state index is 12.0. The van der Waals surface area contributed by atoms with Crippen molar-refractivity contribution in [2.75, 3.05) is 12.3 Å². The van der Waals surface area contributed by atoms with E-state index in [9.17, 15) is 9.59 Å². The predicted octanol–water partition coefficient (Wildman–Crippen LogP) is 2.12. The first-order valence-corrected chi connectivity index (χ1v) is 6.88. The lowest BCUT2D eigenvalue weighted by atomic mass is 10.1. The molecule has 0 aliphatic rings. The van der Waals surface area contributed by atoms with Crippen LogP contribution in [-0.4, -0.2) is 24.5 Å². The molecule has 0 spiro atoms. The van der Waals surface area contributed by atoms with Gasteiger partial charge in [0.05, 0.1) is 6.61 Å². The third kappa shape index (κ3) is 5.30. The fraction of sp³-hybridized carbons (Fsp3) is 0.467. The van der Waals surface area contributed by atoms with Gasteiger partial charge in [0.15, 0.2) is 0 Å². The molecule has 5 nitrogen and oxygen atoms in total. The number of nitrogens with two attached hydrogens (primary N) is 1. The van der Waals surface area contributed by atoms with Gasteiger partial charge in [-0.15, -0.1) is 0 Å². The number of rotatable bonds is 7. The highest BCUT2D eigenvalue weighted by molar-refractivity contribution is 5.94. The van der Waals surface area contributed by atoms with E-state index in [1.165, 1.54) is 0 Å². The van der Waals surface area contributed by atoms with Gasteiger partial charge in [-0.1, -0.05) is 6.92 Å². The van der Waals surface area contributed by atoms with Gasteiger partial charge in [0.25, 0.3) is 5.91 Å². The lowest BCUT2D eigenvalue weighted by molar-refractivity contribution is -0.143. The average molecular weight is 278 g/mol. The van der Waals surface area contributed by atoms with Crippen LogP contribution in [0.1, 0.15) is 43.5 Å². The van der Waals surface area contributed by atoms with Crippen LogP contribution in [0.2, 0.25) is 0 Å². The van der Waals surface area contributed by atoms with Crippen LogP contribution < -0.4 is 11.1 Å². The van der Waals surface area contributed by atoms with Crippen LogP contribution in [0.3, 0.4) is 0 Å². The average Bonchev–Trinajstić information content (AvgIpc) is 2.44. The Labute approximate surface area is 119 Å². The van der Waals surface area contributed by atoms with E-state index in [0.29, 0.717) is 30.7 Å². The third-order valence-corrected chi connectivity index (χ3v) is 3.00. The molecule has 0 saturated carbocycles. The Morgan fingerprint density at radius 1 is 1.25 bits per heavy atom. The molecular formula is C15H22N2O3. The standard InChI is InChI=1S/C15H22N2O3/c1-3-13(9-10-14(18)20-4-2)17-15(19)11-5-7-12(16)8-6-11/h5-8,13H,3-4,9-10,16H2,1-2H3,(H,17,19)/t13-/m1/s1. The van der Waals surface area contributed by atoms with Gasteiger partial charge in [-0.05, 0) is 44.0 Å². The Morgan fingerprint density at radius 2 is 1.90 bits per heavy atom. The second kappa shape index (κ2) is 8.19. The molecule has 1 aromatic rings. The molecule has 3 N–H and O–H groups in total. The number of anilines is 1. The van der Waals surface area contributed by atoms with Gasteiger partial charge in [-0.3, -0.25) is 9.59 Å². The third-order valence-electron chi connectivity index (χ3n) is 3.00. The van der Waals surface area contributed by atoms with E-state index in [1.807, 2.05) is 6.92 Å². The van der Waals surface area contributed by atoms with E-state index in [1.54, 1.807) is 31.2 Å². The van der Waals surface area contributed by atoms with E-state index in [-0.39, 0.29) is 17.9 Å². The molecule has 5 heteroatoms. The first-order chi connectivity index (χ1) is 9.56. The van der Waals surface area contributed by atoms with Crippen molar-refractivity contribution in [2.24, 2.45) is 0 Å². The quantitative estimate of drug-likeness (QED) is 0.591. The first kappa shape index (κ1) is 16.0. The molecule has 20 heavy (non-hydrogen) atoms. The number of hydrogen-bond acceptors (Lipinski definition) is 4. The zero-order chi connectivity index (χ0) is 15.0. The van der Waals surface area contributed by atoms with Crippen molar-refractivity contribution < 1.29 is 14.3 Å².